The van der Waals surface area contributed by atoms with Gasteiger partial charge in [-0.1, -0.05) is 23.7 Å². The molecule has 0 aliphatic heterocycles. The maximum absolute atomic E-state index is 5.97. The Labute approximate surface area is 83.5 Å². The van der Waals surface area contributed by atoms with Gasteiger partial charge in [-0.3, -0.25) is 4.98 Å². The van der Waals surface area contributed by atoms with Crippen LogP contribution in [0.3, 0.4) is 0 Å². The van der Waals surface area contributed by atoms with Crippen LogP contribution in [0.4, 0.5) is 0 Å². The molecule has 2 aromatic rings. The van der Waals surface area contributed by atoms with Crippen molar-refractivity contribution in [1.82, 2.24) is 4.98 Å². The van der Waals surface area contributed by atoms with Crippen molar-refractivity contribution in [1.29, 1.82) is 0 Å². The van der Waals surface area contributed by atoms with Crippen molar-refractivity contribution in [2.75, 3.05) is 0 Å². The molecule has 0 N–H and O–H groups in total. The van der Waals surface area contributed by atoms with Crippen LogP contribution in [0.2, 0.25) is 5.02 Å². The van der Waals surface area contributed by atoms with E-state index in [-0.39, 0.29) is 0 Å². The summed E-state index contributed by atoms with van der Waals surface area (Å²) in [5.41, 5.74) is 0. The molecule has 1 aromatic carbocycles. The second kappa shape index (κ2) is 3.04. The maximum Gasteiger partial charge on any atom is 0.0500 e. The van der Waals surface area contributed by atoms with Crippen LogP contribution in [0.25, 0.3) is 10.8 Å². The molecule has 1 nitrogen and oxygen atoms in total. The molecule has 0 bridgehead atoms. The van der Waals surface area contributed by atoms with Crippen LogP contribution in [-0.2, 0) is 0 Å². The maximum atomic E-state index is 5.97. The van der Waals surface area contributed by atoms with Gasteiger partial charge < -0.3 is 0 Å². The highest BCUT2D eigenvalue weighted by Crippen LogP contribution is 2.27. The largest absolute Gasteiger partial charge is 0.263 e. The Morgan fingerprint density at radius 3 is 2.75 bits per heavy atom. The standard InChI is InChI=1S/C9H5BrClN/c10-8-5-12-4-7-6(8)2-1-3-9(7)11/h1-5H. The molecule has 0 aliphatic carbocycles. The number of fused-ring (bicyclic) bond motifs is 1. The fraction of sp³-hybridized carbons (Fsp3) is 0. The molecule has 0 radical (unpaired) electrons. The monoisotopic (exact) mass is 241 g/mol. The number of halogens is 2. The van der Waals surface area contributed by atoms with Gasteiger partial charge in [-0.2, -0.15) is 0 Å². The number of hydrogen-bond acceptors (Lipinski definition) is 1. The zero-order valence-electron chi connectivity index (χ0n) is 6.09. The molecule has 2 rings (SSSR count). The average molecular weight is 243 g/mol. The fourth-order valence-electron chi connectivity index (χ4n) is 1.12. The van der Waals surface area contributed by atoms with Gasteiger partial charge in [-0.25, -0.2) is 0 Å². The molecule has 0 atom stereocenters. The molecule has 60 valence electrons. The topological polar surface area (TPSA) is 12.9 Å². The first-order chi connectivity index (χ1) is 5.79. The lowest BCUT2D eigenvalue weighted by molar-refractivity contribution is 1.35. The van der Waals surface area contributed by atoms with Crippen LogP contribution >= 0.6 is 27.5 Å². The summed E-state index contributed by atoms with van der Waals surface area (Å²) in [6, 6.07) is 5.79. The van der Waals surface area contributed by atoms with Gasteiger partial charge in [0.1, 0.15) is 0 Å². The van der Waals surface area contributed by atoms with E-state index in [9.17, 15) is 0 Å². The van der Waals surface area contributed by atoms with Crippen LogP contribution < -0.4 is 0 Å². The van der Waals surface area contributed by atoms with Crippen molar-refractivity contribution in [2.24, 2.45) is 0 Å². The van der Waals surface area contributed by atoms with Gasteiger partial charge in [0, 0.05) is 32.7 Å². The highest BCUT2D eigenvalue weighted by atomic mass is 79.9. The molecule has 1 heterocycles. The Kier molecular flexibility index (Phi) is 2.03. The van der Waals surface area contributed by atoms with Gasteiger partial charge in [-0.05, 0) is 22.0 Å². The number of pyridine rings is 1. The third-order valence-corrected chi connectivity index (χ3v) is 2.66. The molecule has 12 heavy (non-hydrogen) atoms. The van der Waals surface area contributed by atoms with E-state index in [1.165, 1.54) is 0 Å². The van der Waals surface area contributed by atoms with Crippen LogP contribution in [0.5, 0.6) is 0 Å². The smallest absolute Gasteiger partial charge is 0.0500 e. The van der Waals surface area contributed by atoms with Crippen LogP contribution in [0.15, 0.2) is 35.1 Å². The van der Waals surface area contributed by atoms with E-state index in [1.807, 2.05) is 18.2 Å². The number of hydrogen-bond donors (Lipinski definition) is 0. The lowest BCUT2D eigenvalue weighted by Crippen LogP contribution is -1.78. The minimum Gasteiger partial charge on any atom is -0.263 e. The van der Waals surface area contributed by atoms with Crippen LogP contribution in [0.1, 0.15) is 0 Å². The predicted molar refractivity (Wildman–Crippen MR) is 54.5 cm³/mol. The van der Waals surface area contributed by atoms with E-state index >= 15 is 0 Å². The first-order valence-corrected chi connectivity index (χ1v) is 4.64. The normalized spacial score (nSPS) is 10.5. The van der Waals surface area contributed by atoms with E-state index in [1.54, 1.807) is 12.4 Å². The molecule has 0 unspecified atom stereocenters. The van der Waals surface area contributed by atoms with Crippen molar-refractivity contribution in [3.8, 4) is 0 Å². The lowest BCUT2D eigenvalue weighted by atomic mass is 10.2. The van der Waals surface area contributed by atoms with Crippen molar-refractivity contribution >= 4 is 38.3 Å². The van der Waals surface area contributed by atoms with Crippen LogP contribution in [0, 0.1) is 0 Å². The molecular weight excluding hydrogens is 237 g/mol. The Balaban J connectivity index is 2.94. The van der Waals surface area contributed by atoms with Gasteiger partial charge in [0.05, 0.1) is 0 Å². The van der Waals surface area contributed by atoms with Gasteiger partial charge in [-0.15, -0.1) is 0 Å². The SMILES string of the molecule is Clc1cccc2c(Br)cncc12. The first-order valence-electron chi connectivity index (χ1n) is 3.47. The Bertz CT molecular complexity index is 387. The van der Waals surface area contributed by atoms with Gasteiger partial charge in [0.2, 0.25) is 0 Å². The molecule has 3 heteroatoms. The summed E-state index contributed by atoms with van der Waals surface area (Å²) in [6.07, 6.45) is 3.53. The second-order valence-corrected chi connectivity index (χ2v) is 3.72. The summed E-state index contributed by atoms with van der Waals surface area (Å²) in [6.45, 7) is 0. The van der Waals surface area contributed by atoms with Crippen LogP contribution in [-0.4, -0.2) is 4.98 Å². The van der Waals surface area contributed by atoms with Gasteiger partial charge >= 0.3 is 0 Å². The van der Waals surface area contributed by atoms with E-state index in [2.05, 4.69) is 20.9 Å². The summed E-state index contributed by atoms with van der Waals surface area (Å²) in [4.78, 5) is 4.04. The van der Waals surface area contributed by atoms with Gasteiger partial charge in [0.25, 0.3) is 0 Å². The first kappa shape index (κ1) is 8.02. The second-order valence-electron chi connectivity index (χ2n) is 2.46. The quantitative estimate of drug-likeness (QED) is 0.687. The molecular formula is C9H5BrClN. The molecule has 0 amide bonds. The fourth-order valence-corrected chi connectivity index (χ4v) is 1.81. The molecule has 0 aliphatic rings. The zero-order chi connectivity index (χ0) is 8.55. The zero-order valence-corrected chi connectivity index (χ0v) is 8.43. The van der Waals surface area contributed by atoms with Crippen molar-refractivity contribution < 1.29 is 0 Å². The van der Waals surface area contributed by atoms with E-state index in [0.29, 0.717) is 0 Å². The lowest BCUT2D eigenvalue weighted by Gasteiger charge is -2.00. The Morgan fingerprint density at radius 1 is 1.17 bits per heavy atom. The minimum atomic E-state index is 0.737. The Morgan fingerprint density at radius 2 is 2.00 bits per heavy atom. The van der Waals surface area contributed by atoms with E-state index < -0.39 is 0 Å². The number of nitrogens with zero attached hydrogens (tertiary/aromatic N) is 1. The third-order valence-electron chi connectivity index (χ3n) is 1.70. The molecule has 0 spiro atoms. The summed E-state index contributed by atoms with van der Waals surface area (Å²) in [7, 11) is 0. The van der Waals surface area contributed by atoms with E-state index in [4.69, 9.17) is 11.6 Å². The third kappa shape index (κ3) is 1.21. The number of rotatable bonds is 0. The van der Waals surface area contributed by atoms with E-state index in [0.717, 1.165) is 20.3 Å². The van der Waals surface area contributed by atoms with Crippen molar-refractivity contribution in [3.63, 3.8) is 0 Å². The van der Waals surface area contributed by atoms with Crippen molar-refractivity contribution in [2.45, 2.75) is 0 Å². The predicted octanol–water partition coefficient (Wildman–Crippen LogP) is 3.65. The average Bonchev–Trinajstić information content (AvgIpc) is 2.07. The summed E-state index contributed by atoms with van der Waals surface area (Å²) in [5, 5.41) is 2.81. The van der Waals surface area contributed by atoms with Gasteiger partial charge in [0.15, 0.2) is 0 Å². The molecule has 0 fully saturated rings. The highest BCUT2D eigenvalue weighted by molar-refractivity contribution is 9.10. The summed E-state index contributed by atoms with van der Waals surface area (Å²) >= 11 is 9.38. The molecule has 0 saturated heterocycles. The summed E-state index contributed by atoms with van der Waals surface area (Å²) in [5.74, 6) is 0. The van der Waals surface area contributed by atoms with Crippen molar-refractivity contribution in [3.05, 3.63) is 40.1 Å². The summed E-state index contributed by atoms with van der Waals surface area (Å²) < 4.78 is 0.975. The number of aromatic nitrogens is 1. The molecule has 0 saturated carbocycles. The number of benzene rings is 1. The molecule has 1 aromatic heterocycles. The Hall–Kier alpha value is -0.600. The highest BCUT2D eigenvalue weighted by Gasteiger charge is 2.00. The minimum absolute atomic E-state index is 0.737.